The number of anilines is 1. The Labute approximate surface area is 118 Å². The number of aromatic nitrogens is 1. The molecule has 1 aromatic rings. The number of sulfonamides is 2. The fraction of sp³-hybridized carbons (Fsp3) is 0.500. The first-order valence-corrected chi connectivity index (χ1v) is 8.99. The molecule has 0 aliphatic carbocycles. The molecule has 10 heteroatoms. The van der Waals surface area contributed by atoms with Crippen molar-refractivity contribution in [3.05, 3.63) is 18.3 Å². The molecule has 1 heterocycles. The highest BCUT2D eigenvalue weighted by molar-refractivity contribution is 7.89. The Kier molecular flexibility index (Phi) is 4.74. The lowest BCUT2D eigenvalue weighted by Gasteiger charge is -2.25. The molecule has 0 aliphatic rings. The third-order valence-electron chi connectivity index (χ3n) is 2.22. The van der Waals surface area contributed by atoms with Gasteiger partial charge in [0, 0.05) is 18.3 Å². The molecule has 0 amide bonds. The Morgan fingerprint density at radius 2 is 1.90 bits per heavy atom. The van der Waals surface area contributed by atoms with E-state index in [1.54, 1.807) is 13.8 Å². The fourth-order valence-corrected chi connectivity index (χ4v) is 3.85. The Hall–Kier alpha value is -1.23. The van der Waals surface area contributed by atoms with Crippen LogP contribution in [-0.2, 0) is 20.0 Å². The van der Waals surface area contributed by atoms with Crippen LogP contribution >= 0.6 is 0 Å². The summed E-state index contributed by atoms with van der Waals surface area (Å²) in [4.78, 5) is 3.71. The molecular weight excluding hydrogens is 304 g/mol. The first kappa shape index (κ1) is 16.8. The van der Waals surface area contributed by atoms with Crippen molar-refractivity contribution in [2.75, 3.05) is 18.5 Å². The molecular formula is C10H18N4O4S2. The number of pyridine rings is 1. The molecule has 0 aromatic carbocycles. The van der Waals surface area contributed by atoms with Crippen molar-refractivity contribution in [2.24, 2.45) is 0 Å². The topological polar surface area (TPSA) is 131 Å². The standard InChI is InChI=1S/C10H18N4O4S2/c1-10(2,14-19(3,15)16)7-13-20(17,18)9-8(11)5-4-6-12-9/h4-6,13-14H,7,11H2,1-3H3. The molecule has 0 saturated carbocycles. The van der Waals surface area contributed by atoms with Crippen LogP contribution in [-0.4, -0.2) is 40.2 Å². The van der Waals surface area contributed by atoms with Gasteiger partial charge in [0.2, 0.25) is 10.0 Å². The van der Waals surface area contributed by atoms with Crippen molar-refractivity contribution < 1.29 is 16.8 Å². The van der Waals surface area contributed by atoms with Crippen LogP contribution in [0.3, 0.4) is 0 Å². The van der Waals surface area contributed by atoms with Crippen LogP contribution in [0, 0.1) is 0 Å². The molecule has 1 rings (SSSR count). The summed E-state index contributed by atoms with van der Waals surface area (Å²) in [6, 6.07) is 2.94. The van der Waals surface area contributed by atoms with E-state index in [4.69, 9.17) is 5.73 Å². The van der Waals surface area contributed by atoms with E-state index >= 15 is 0 Å². The van der Waals surface area contributed by atoms with E-state index in [-0.39, 0.29) is 17.3 Å². The van der Waals surface area contributed by atoms with Crippen LogP contribution in [0.25, 0.3) is 0 Å². The molecule has 4 N–H and O–H groups in total. The summed E-state index contributed by atoms with van der Waals surface area (Å²) < 4.78 is 51.0. The maximum Gasteiger partial charge on any atom is 0.260 e. The van der Waals surface area contributed by atoms with E-state index in [9.17, 15) is 16.8 Å². The fourth-order valence-electron chi connectivity index (χ4n) is 1.51. The molecule has 0 saturated heterocycles. The molecule has 0 unspecified atom stereocenters. The quantitative estimate of drug-likeness (QED) is 0.633. The van der Waals surface area contributed by atoms with Gasteiger partial charge in [-0.3, -0.25) is 0 Å². The number of hydrogen-bond acceptors (Lipinski definition) is 6. The number of nitrogens with two attached hydrogens (primary N) is 1. The first-order chi connectivity index (χ1) is 8.93. The third-order valence-corrected chi connectivity index (χ3v) is 4.52. The predicted molar refractivity (Wildman–Crippen MR) is 75.9 cm³/mol. The zero-order valence-corrected chi connectivity index (χ0v) is 13.0. The van der Waals surface area contributed by atoms with Gasteiger partial charge in [-0.1, -0.05) is 0 Å². The van der Waals surface area contributed by atoms with Gasteiger partial charge in [-0.05, 0) is 26.0 Å². The Morgan fingerprint density at radius 1 is 1.30 bits per heavy atom. The second-order valence-electron chi connectivity index (χ2n) is 4.98. The minimum absolute atomic E-state index is 0.0221. The number of nitrogens with one attached hydrogen (secondary N) is 2. The summed E-state index contributed by atoms with van der Waals surface area (Å²) in [7, 11) is -7.35. The molecule has 0 radical (unpaired) electrons. The highest BCUT2D eigenvalue weighted by Crippen LogP contribution is 2.14. The van der Waals surface area contributed by atoms with Crippen molar-refractivity contribution in [3.63, 3.8) is 0 Å². The highest BCUT2D eigenvalue weighted by atomic mass is 32.2. The van der Waals surface area contributed by atoms with Crippen LogP contribution in [0.4, 0.5) is 5.69 Å². The Balaban J connectivity index is 2.87. The summed E-state index contributed by atoms with van der Waals surface area (Å²) in [5.74, 6) is 0. The van der Waals surface area contributed by atoms with Crippen molar-refractivity contribution in [2.45, 2.75) is 24.4 Å². The van der Waals surface area contributed by atoms with Gasteiger partial charge in [-0.15, -0.1) is 0 Å². The van der Waals surface area contributed by atoms with Crippen molar-refractivity contribution in [1.29, 1.82) is 0 Å². The summed E-state index contributed by atoms with van der Waals surface area (Å²) >= 11 is 0. The smallest absolute Gasteiger partial charge is 0.260 e. The molecule has 114 valence electrons. The minimum Gasteiger partial charge on any atom is -0.396 e. The van der Waals surface area contributed by atoms with Gasteiger partial charge in [0.15, 0.2) is 5.03 Å². The van der Waals surface area contributed by atoms with Gasteiger partial charge >= 0.3 is 0 Å². The number of hydrogen-bond donors (Lipinski definition) is 3. The SMILES string of the molecule is CC(C)(CNS(=O)(=O)c1ncccc1N)NS(C)(=O)=O. The van der Waals surface area contributed by atoms with Crippen LogP contribution < -0.4 is 15.2 Å². The second-order valence-corrected chi connectivity index (χ2v) is 8.41. The second kappa shape index (κ2) is 5.64. The molecule has 8 nitrogen and oxygen atoms in total. The van der Waals surface area contributed by atoms with Gasteiger partial charge < -0.3 is 5.73 Å². The lowest BCUT2D eigenvalue weighted by Crippen LogP contribution is -2.51. The highest BCUT2D eigenvalue weighted by Gasteiger charge is 2.26. The Morgan fingerprint density at radius 3 is 2.40 bits per heavy atom. The van der Waals surface area contributed by atoms with Crippen LogP contribution in [0.15, 0.2) is 23.4 Å². The zero-order valence-electron chi connectivity index (χ0n) is 11.4. The van der Waals surface area contributed by atoms with Crippen molar-refractivity contribution in [3.8, 4) is 0 Å². The maximum atomic E-state index is 12.0. The van der Waals surface area contributed by atoms with Crippen LogP contribution in [0.5, 0.6) is 0 Å². The van der Waals surface area contributed by atoms with Crippen molar-refractivity contribution in [1.82, 2.24) is 14.4 Å². The minimum atomic E-state index is -3.90. The van der Waals surface area contributed by atoms with E-state index in [2.05, 4.69) is 14.4 Å². The predicted octanol–water partition coefficient (Wildman–Crippen LogP) is -0.730. The number of nitrogens with zero attached hydrogens (tertiary/aromatic N) is 1. The van der Waals surface area contributed by atoms with E-state index in [0.29, 0.717) is 0 Å². The van der Waals surface area contributed by atoms with Gasteiger partial charge in [0.1, 0.15) is 0 Å². The average molecular weight is 322 g/mol. The normalized spacial score (nSPS) is 13.3. The Bertz CT molecular complexity index is 683. The zero-order chi connectivity index (χ0) is 15.6. The lowest BCUT2D eigenvalue weighted by atomic mass is 10.1. The largest absolute Gasteiger partial charge is 0.396 e. The maximum absolute atomic E-state index is 12.0. The van der Waals surface area contributed by atoms with E-state index in [0.717, 1.165) is 6.26 Å². The lowest BCUT2D eigenvalue weighted by molar-refractivity contribution is 0.445. The van der Waals surface area contributed by atoms with E-state index in [1.165, 1.54) is 18.3 Å². The molecule has 0 spiro atoms. The number of rotatable bonds is 6. The average Bonchev–Trinajstić information content (AvgIpc) is 2.24. The monoisotopic (exact) mass is 322 g/mol. The van der Waals surface area contributed by atoms with Crippen molar-refractivity contribution >= 4 is 25.7 Å². The summed E-state index contributed by atoms with van der Waals surface area (Å²) in [6.07, 6.45) is 2.31. The van der Waals surface area contributed by atoms with Gasteiger partial charge in [-0.2, -0.15) is 0 Å². The van der Waals surface area contributed by atoms with Crippen LogP contribution in [0.2, 0.25) is 0 Å². The van der Waals surface area contributed by atoms with Crippen LogP contribution in [0.1, 0.15) is 13.8 Å². The summed E-state index contributed by atoms with van der Waals surface area (Å²) in [5.41, 5.74) is 4.59. The third kappa shape index (κ3) is 5.04. The molecule has 20 heavy (non-hydrogen) atoms. The molecule has 0 aliphatic heterocycles. The summed E-state index contributed by atoms with van der Waals surface area (Å²) in [5, 5.41) is -0.282. The number of nitrogen functional groups attached to an aromatic ring is 1. The van der Waals surface area contributed by atoms with E-state index < -0.39 is 25.6 Å². The molecule has 1 aromatic heterocycles. The summed E-state index contributed by atoms with van der Waals surface area (Å²) in [6.45, 7) is 2.97. The van der Waals surface area contributed by atoms with Gasteiger partial charge in [0.25, 0.3) is 10.0 Å². The van der Waals surface area contributed by atoms with Gasteiger partial charge in [0.05, 0.1) is 11.9 Å². The van der Waals surface area contributed by atoms with E-state index in [1.807, 2.05) is 0 Å². The van der Waals surface area contributed by atoms with Gasteiger partial charge in [-0.25, -0.2) is 31.3 Å². The first-order valence-electron chi connectivity index (χ1n) is 5.62. The molecule has 0 atom stereocenters. The molecule has 0 fully saturated rings. The molecule has 0 bridgehead atoms.